The highest BCUT2D eigenvalue weighted by molar-refractivity contribution is 8.00. The van der Waals surface area contributed by atoms with E-state index in [-0.39, 0.29) is 0 Å². The Labute approximate surface area is 89.5 Å². The molecule has 1 heterocycles. The number of nitrogens with one attached hydrogen (secondary N) is 1. The largest absolute Gasteiger partial charge is 0.372 e. The highest BCUT2D eigenvalue weighted by Crippen LogP contribution is 2.36. The molecule has 0 amide bonds. The first kappa shape index (κ1) is 9.84. The van der Waals surface area contributed by atoms with Gasteiger partial charge < -0.3 is 5.32 Å². The van der Waals surface area contributed by atoms with Crippen molar-refractivity contribution in [2.24, 2.45) is 0 Å². The molecule has 0 aromatic carbocycles. The van der Waals surface area contributed by atoms with Crippen molar-refractivity contribution in [3.05, 3.63) is 18.3 Å². The Morgan fingerprint density at radius 1 is 1.43 bits per heavy atom. The Balaban J connectivity index is 2.07. The minimum absolute atomic E-state index is 0.811. The highest BCUT2D eigenvalue weighted by Gasteiger charge is 2.17. The second-order valence-electron chi connectivity index (χ2n) is 3.62. The van der Waals surface area contributed by atoms with E-state index in [0.29, 0.717) is 0 Å². The van der Waals surface area contributed by atoms with E-state index in [1.807, 2.05) is 31.1 Å². The summed E-state index contributed by atoms with van der Waals surface area (Å²) in [6.45, 7) is 0. The summed E-state index contributed by atoms with van der Waals surface area (Å²) in [5, 5.41) is 3.95. The van der Waals surface area contributed by atoms with E-state index in [2.05, 4.69) is 16.4 Å². The van der Waals surface area contributed by atoms with Crippen molar-refractivity contribution < 1.29 is 0 Å². The first-order chi connectivity index (χ1) is 6.90. The molecule has 1 saturated carbocycles. The molecule has 14 heavy (non-hydrogen) atoms. The molecule has 2 nitrogen and oxygen atoms in total. The Bertz CT molecular complexity index is 295. The third kappa shape index (κ3) is 2.21. The van der Waals surface area contributed by atoms with Crippen molar-refractivity contribution in [2.45, 2.75) is 35.8 Å². The van der Waals surface area contributed by atoms with Crippen molar-refractivity contribution in [3.63, 3.8) is 0 Å². The monoisotopic (exact) mass is 208 g/mol. The molecule has 0 radical (unpaired) electrons. The van der Waals surface area contributed by atoms with Crippen LogP contribution >= 0.6 is 11.8 Å². The van der Waals surface area contributed by atoms with Crippen LogP contribution < -0.4 is 5.32 Å². The Hall–Kier alpha value is -0.700. The van der Waals surface area contributed by atoms with Gasteiger partial charge in [0.1, 0.15) is 5.82 Å². The van der Waals surface area contributed by atoms with Crippen LogP contribution in [0, 0.1) is 0 Å². The van der Waals surface area contributed by atoms with Gasteiger partial charge in [-0.25, -0.2) is 4.98 Å². The van der Waals surface area contributed by atoms with Gasteiger partial charge in [0.15, 0.2) is 0 Å². The molecule has 0 bridgehead atoms. The summed E-state index contributed by atoms with van der Waals surface area (Å²) >= 11 is 1.98. The molecule has 0 spiro atoms. The van der Waals surface area contributed by atoms with Gasteiger partial charge in [0.05, 0.1) is 0 Å². The third-order valence-electron chi connectivity index (χ3n) is 2.60. The first-order valence-electron chi connectivity index (χ1n) is 5.19. The Morgan fingerprint density at radius 2 is 2.21 bits per heavy atom. The van der Waals surface area contributed by atoms with Gasteiger partial charge in [0, 0.05) is 23.4 Å². The van der Waals surface area contributed by atoms with Gasteiger partial charge in [-0.3, -0.25) is 0 Å². The van der Waals surface area contributed by atoms with E-state index in [4.69, 9.17) is 0 Å². The molecular weight excluding hydrogens is 192 g/mol. The lowest BCUT2D eigenvalue weighted by Crippen LogP contribution is -1.98. The fourth-order valence-corrected chi connectivity index (χ4v) is 3.21. The molecule has 0 aliphatic heterocycles. The number of hydrogen-bond donors (Lipinski definition) is 1. The summed E-state index contributed by atoms with van der Waals surface area (Å²) in [6, 6.07) is 4.17. The summed E-state index contributed by atoms with van der Waals surface area (Å²) in [4.78, 5) is 5.60. The third-order valence-corrected chi connectivity index (χ3v) is 3.99. The van der Waals surface area contributed by atoms with Crippen LogP contribution in [0.4, 0.5) is 5.82 Å². The van der Waals surface area contributed by atoms with E-state index in [1.165, 1.54) is 30.6 Å². The number of pyridine rings is 1. The number of thioether (sulfide) groups is 1. The zero-order valence-electron chi connectivity index (χ0n) is 8.49. The number of hydrogen-bond acceptors (Lipinski definition) is 3. The maximum absolute atomic E-state index is 4.31. The van der Waals surface area contributed by atoms with Gasteiger partial charge in [-0.05, 0) is 25.0 Å². The Kier molecular flexibility index (Phi) is 3.30. The summed E-state index contributed by atoms with van der Waals surface area (Å²) in [5.41, 5.74) is 0. The predicted octanol–water partition coefficient (Wildman–Crippen LogP) is 3.16. The zero-order valence-corrected chi connectivity index (χ0v) is 9.31. The van der Waals surface area contributed by atoms with Crippen molar-refractivity contribution in [3.8, 4) is 0 Å². The van der Waals surface area contributed by atoms with Crippen molar-refractivity contribution in [1.82, 2.24) is 4.98 Å². The molecule has 0 unspecified atom stereocenters. The molecule has 1 N–H and O–H groups in total. The standard InChI is InChI=1S/C11H16N2S/c1-12-11-10(7-4-8-13-11)14-9-5-2-3-6-9/h4,7-9H,2-3,5-6H2,1H3,(H,12,13). The summed E-state index contributed by atoms with van der Waals surface area (Å²) in [7, 11) is 1.93. The average Bonchev–Trinajstić information content (AvgIpc) is 2.71. The number of nitrogens with zero attached hydrogens (tertiary/aromatic N) is 1. The highest BCUT2D eigenvalue weighted by atomic mass is 32.2. The van der Waals surface area contributed by atoms with Crippen LogP contribution in [0.5, 0.6) is 0 Å². The van der Waals surface area contributed by atoms with Gasteiger partial charge in [0.25, 0.3) is 0 Å². The summed E-state index contributed by atoms with van der Waals surface area (Å²) < 4.78 is 0. The fourth-order valence-electron chi connectivity index (χ4n) is 1.86. The minimum atomic E-state index is 0.811. The molecule has 1 aromatic heterocycles. The van der Waals surface area contributed by atoms with Crippen LogP contribution in [-0.2, 0) is 0 Å². The predicted molar refractivity (Wildman–Crippen MR) is 61.9 cm³/mol. The van der Waals surface area contributed by atoms with E-state index in [9.17, 15) is 0 Å². The van der Waals surface area contributed by atoms with Crippen LogP contribution in [0.1, 0.15) is 25.7 Å². The van der Waals surface area contributed by atoms with Gasteiger partial charge in [0.2, 0.25) is 0 Å². The van der Waals surface area contributed by atoms with Crippen molar-refractivity contribution >= 4 is 17.6 Å². The topological polar surface area (TPSA) is 24.9 Å². The second-order valence-corrected chi connectivity index (χ2v) is 4.97. The molecule has 0 atom stereocenters. The molecule has 2 rings (SSSR count). The fraction of sp³-hybridized carbons (Fsp3) is 0.545. The van der Waals surface area contributed by atoms with Crippen molar-refractivity contribution in [1.29, 1.82) is 0 Å². The van der Waals surface area contributed by atoms with Crippen LogP contribution in [0.25, 0.3) is 0 Å². The number of aromatic nitrogens is 1. The van der Waals surface area contributed by atoms with Crippen LogP contribution in [0.2, 0.25) is 0 Å². The zero-order chi connectivity index (χ0) is 9.80. The van der Waals surface area contributed by atoms with E-state index < -0.39 is 0 Å². The van der Waals surface area contributed by atoms with Crippen molar-refractivity contribution in [2.75, 3.05) is 12.4 Å². The molecule has 0 saturated heterocycles. The van der Waals surface area contributed by atoms with E-state index in [0.717, 1.165) is 11.1 Å². The molecule has 1 aliphatic carbocycles. The smallest absolute Gasteiger partial charge is 0.139 e. The van der Waals surface area contributed by atoms with Crippen LogP contribution in [0.15, 0.2) is 23.2 Å². The maximum Gasteiger partial charge on any atom is 0.139 e. The molecule has 1 aromatic rings. The maximum atomic E-state index is 4.31. The van der Waals surface area contributed by atoms with Gasteiger partial charge in [-0.2, -0.15) is 0 Å². The van der Waals surface area contributed by atoms with Gasteiger partial charge >= 0.3 is 0 Å². The first-order valence-corrected chi connectivity index (χ1v) is 6.07. The lowest BCUT2D eigenvalue weighted by molar-refractivity contribution is 0.886. The van der Waals surface area contributed by atoms with Crippen LogP contribution in [-0.4, -0.2) is 17.3 Å². The molecule has 1 aliphatic rings. The quantitative estimate of drug-likeness (QED) is 0.826. The minimum Gasteiger partial charge on any atom is -0.372 e. The average molecular weight is 208 g/mol. The SMILES string of the molecule is CNc1ncccc1SC1CCCC1. The summed E-state index contributed by atoms with van der Waals surface area (Å²) in [6.07, 6.45) is 7.36. The van der Waals surface area contributed by atoms with Gasteiger partial charge in [-0.1, -0.05) is 12.8 Å². The number of anilines is 1. The normalized spacial score (nSPS) is 17.2. The lowest BCUT2D eigenvalue weighted by atomic mass is 10.4. The molecular formula is C11H16N2S. The summed E-state index contributed by atoms with van der Waals surface area (Å²) in [5.74, 6) is 1.02. The van der Waals surface area contributed by atoms with E-state index >= 15 is 0 Å². The Morgan fingerprint density at radius 3 is 2.93 bits per heavy atom. The lowest BCUT2D eigenvalue weighted by Gasteiger charge is -2.11. The number of rotatable bonds is 3. The van der Waals surface area contributed by atoms with E-state index in [1.54, 1.807) is 0 Å². The molecule has 3 heteroatoms. The second kappa shape index (κ2) is 4.69. The van der Waals surface area contributed by atoms with Crippen LogP contribution in [0.3, 0.4) is 0 Å². The van der Waals surface area contributed by atoms with Gasteiger partial charge in [-0.15, -0.1) is 11.8 Å². The molecule has 76 valence electrons. The molecule has 1 fully saturated rings.